The van der Waals surface area contributed by atoms with Crippen molar-refractivity contribution in [3.8, 4) is 0 Å². The lowest BCUT2D eigenvalue weighted by molar-refractivity contribution is -0.125. The van der Waals surface area contributed by atoms with Gasteiger partial charge in [-0.3, -0.25) is 4.79 Å². The lowest BCUT2D eigenvalue weighted by atomic mass is 9.93. The molecule has 0 aliphatic carbocycles. The highest BCUT2D eigenvalue weighted by Crippen LogP contribution is 2.14. The lowest BCUT2D eigenvalue weighted by Gasteiger charge is -2.18. The minimum absolute atomic E-state index is 0.406. The second-order valence-electron chi connectivity index (χ2n) is 3.79. The maximum Gasteiger partial charge on any atom is 0.223 e. The third-order valence-electron chi connectivity index (χ3n) is 2.54. The van der Waals surface area contributed by atoms with Crippen LogP contribution < -0.4 is 5.73 Å². The van der Waals surface area contributed by atoms with Crippen LogP contribution in [0.4, 0.5) is 0 Å². The first kappa shape index (κ1) is 12.5. The smallest absolute Gasteiger partial charge is 0.223 e. The van der Waals surface area contributed by atoms with Gasteiger partial charge in [0.2, 0.25) is 5.91 Å². The van der Waals surface area contributed by atoms with Crippen LogP contribution in [0.15, 0.2) is 43.0 Å². The quantitative estimate of drug-likeness (QED) is 0.708. The van der Waals surface area contributed by atoms with Crippen LogP contribution in [-0.2, 0) is 11.2 Å². The molecule has 1 amide bonds. The summed E-state index contributed by atoms with van der Waals surface area (Å²) in [5.41, 5.74) is 6.22. The number of primary amides is 1. The molecule has 86 valence electrons. The summed E-state index contributed by atoms with van der Waals surface area (Å²) in [6.07, 6.45) is 1.69. The zero-order valence-corrected chi connectivity index (χ0v) is 9.17. The predicted octanol–water partition coefficient (Wildman–Crippen LogP) is 1.27. The van der Waals surface area contributed by atoms with Gasteiger partial charge in [-0.1, -0.05) is 36.4 Å². The van der Waals surface area contributed by atoms with Gasteiger partial charge >= 0.3 is 0 Å². The van der Waals surface area contributed by atoms with Crippen molar-refractivity contribution in [2.45, 2.75) is 18.9 Å². The number of aliphatic hydroxyl groups excluding tert-OH is 1. The Balaban J connectivity index is 2.65. The standard InChI is InChI=1S/C13H17NO2/c1-2-6-11(13(14)16)12(15)9-10-7-4-3-5-8-10/h2-5,7-8,11-12,15H,1,6,9H2,(H2,14,16)/t11-,12?/m1/s1. The molecule has 1 unspecified atom stereocenters. The van der Waals surface area contributed by atoms with Crippen molar-refractivity contribution < 1.29 is 9.90 Å². The van der Waals surface area contributed by atoms with Crippen molar-refractivity contribution in [1.82, 2.24) is 0 Å². The van der Waals surface area contributed by atoms with Crippen LogP contribution in [0, 0.1) is 5.92 Å². The molecule has 1 aromatic rings. The van der Waals surface area contributed by atoms with E-state index in [-0.39, 0.29) is 0 Å². The molecule has 3 N–H and O–H groups in total. The van der Waals surface area contributed by atoms with Gasteiger partial charge in [-0.15, -0.1) is 6.58 Å². The number of carbonyl (C=O) groups excluding carboxylic acids is 1. The minimum atomic E-state index is -0.752. The second-order valence-corrected chi connectivity index (χ2v) is 3.79. The third-order valence-corrected chi connectivity index (χ3v) is 2.54. The summed E-state index contributed by atoms with van der Waals surface area (Å²) in [4.78, 5) is 11.1. The zero-order chi connectivity index (χ0) is 12.0. The van der Waals surface area contributed by atoms with E-state index in [0.717, 1.165) is 5.56 Å². The van der Waals surface area contributed by atoms with Gasteiger partial charge in [-0.25, -0.2) is 0 Å². The Morgan fingerprint density at radius 1 is 1.44 bits per heavy atom. The fraction of sp³-hybridized carbons (Fsp3) is 0.308. The number of rotatable bonds is 6. The van der Waals surface area contributed by atoms with Gasteiger partial charge in [0.1, 0.15) is 0 Å². The van der Waals surface area contributed by atoms with E-state index in [1.165, 1.54) is 0 Å². The number of carbonyl (C=O) groups is 1. The van der Waals surface area contributed by atoms with Crippen molar-refractivity contribution in [3.63, 3.8) is 0 Å². The molecule has 0 aliphatic heterocycles. The van der Waals surface area contributed by atoms with Crippen molar-refractivity contribution in [1.29, 1.82) is 0 Å². The van der Waals surface area contributed by atoms with Crippen LogP contribution in [0.5, 0.6) is 0 Å². The number of nitrogens with two attached hydrogens (primary N) is 1. The Labute approximate surface area is 95.6 Å². The van der Waals surface area contributed by atoms with Crippen molar-refractivity contribution in [2.24, 2.45) is 11.7 Å². The highest BCUT2D eigenvalue weighted by Gasteiger charge is 2.23. The summed E-state index contributed by atoms with van der Waals surface area (Å²) >= 11 is 0. The van der Waals surface area contributed by atoms with Crippen molar-refractivity contribution >= 4 is 5.91 Å². The van der Waals surface area contributed by atoms with E-state index in [0.29, 0.717) is 12.8 Å². The molecule has 3 nitrogen and oxygen atoms in total. The van der Waals surface area contributed by atoms with E-state index in [4.69, 9.17) is 5.73 Å². The fourth-order valence-electron chi connectivity index (χ4n) is 1.64. The van der Waals surface area contributed by atoms with Crippen LogP contribution in [0.2, 0.25) is 0 Å². The number of benzene rings is 1. The Kier molecular flexibility index (Phi) is 4.73. The number of amides is 1. The summed E-state index contributed by atoms with van der Waals surface area (Å²) in [6, 6.07) is 9.53. The highest BCUT2D eigenvalue weighted by atomic mass is 16.3. The summed E-state index contributed by atoms with van der Waals surface area (Å²) in [6.45, 7) is 3.55. The van der Waals surface area contributed by atoms with Crippen molar-refractivity contribution in [3.05, 3.63) is 48.6 Å². The third kappa shape index (κ3) is 3.51. The SMILES string of the molecule is C=CC[C@@H](C(N)=O)C(O)Cc1ccccc1. The summed E-state index contributed by atoms with van der Waals surface area (Å²) in [5, 5.41) is 9.92. The second kappa shape index (κ2) is 6.08. The largest absolute Gasteiger partial charge is 0.392 e. The van der Waals surface area contributed by atoms with Crippen LogP contribution >= 0.6 is 0 Å². The lowest BCUT2D eigenvalue weighted by Crippen LogP contribution is -2.34. The molecule has 0 spiro atoms. The summed E-state index contributed by atoms with van der Waals surface area (Å²) in [7, 11) is 0. The Bertz CT molecular complexity index is 348. The molecule has 0 saturated carbocycles. The first-order chi connectivity index (χ1) is 7.65. The number of hydrogen-bond donors (Lipinski definition) is 2. The molecule has 1 aromatic carbocycles. The maximum atomic E-state index is 11.1. The van der Waals surface area contributed by atoms with Gasteiger partial charge in [0.25, 0.3) is 0 Å². The molecule has 0 bridgehead atoms. The predicted molar refractivity (Wildman–Crippen MR) is 63.7 cm³/mol. The van der Waals surface area contributed by atoms with E-state index in [1.807, 2.05) is 30.3 Å². The van der Waals surface area contributed by atoms with E-state index < -0.39 is 17.9 Å². The summed E-state index contributed by atoms with van der Waals surface area (Å²) in [5.74, 6) is -1.04. The molecule has 1 rings (SSSR count). The molecule has 0 fully saturated rings. The summed E-state index contributed by atoms with van der Waals surface area (Å²) < 4.78 is 0. The maximum absolute atomic E-state index is 11.1. The molecular formula is C13H17NO2. The van der Waals surface area contributed by atoms with E-state index >= 15 is 0 Å². The zero-order valence-electron chi connectivity index (χ0n) is 9.17. The number of aliphatic hydroxyl groups is 1. The topological polar surface area (TPSA) is 63.3 Å². The van der Waals surface area contributed by atoms with Crippen LogP contribution in [-0.4, -0.2) is 17.1 Å². The molecule has 16 heavy (non-hydrogen) atoms. The first-order valence-electron chi connectivity index (χ1n) is 5.27. The van der Waals surface area contributed by atoms with Gasteiger partial charge in [-0.2, -0.15) is 0 Å². The molecule has 0 heterocycles. The van der Waals surface area contributed by atoms with E-state index in [1.54, 1.807) is 6.08 Å². The monoisotopic (exact) mass is 219 g/mol. The molecule has 0 saturated heterocycles. The highest BCUT2D eigenvalue weighted by molar-refractivity contribution is 5.77. The van der Waals surface area contributed by atoms with Crippen LogP contribution in [0.1, 0.15) is 12.0 Å². The van der Waals surface area contributed by atoms with E-state index in [2.05, 4.69) is 6.58 Å². The molecular weight excluding hydrogens is 202 g/mol. The minimum Gasteiger partial charge on any atom is -0.392 e. The molecule has 0 aliphatic rings. The van der Waals surface area contributed by atoms with Crippen LogP contribution in [0.3, 0.4) is 0 Å². The molecule has 3 heteroatoms. The average Bonchev–Trinajstić information content (AvgIpc) is 2.26. The van der Waals surface area contributed by atoms with Gasteiger partial charge < -0.3 is 10.8 Å². The number of allylic oxidation sites excluding steroid dienone is 1. The molecule has 2 atom stereocenters. The Morgan fingerprint density at radius 2 is 2.06 bits per heavy atom. The van der Waals surface area contributed by atoms with Gasteiger partial charge in [0.15, 0.2) is 0 Å². The van der Waals surface area contributed by atoms with E-state index in [9.17, 15) is 9.90 Å². The molecule has 0 radical (unpaired) electrons. The van der Waals surface area contributed by atoms with Gasteiger partial charge in [0.05, 0.1) is 12.0 Å². The van der Waals surface area contributed by atoms with Crippen LogP contribution in [0.25, 0.3) is 0 Å². The first-order valence-corrected chi connectivity index (χ1v) is 5.27. The average molecular weight is 219 g/mol. The van der Waals surface area contributed by atoms with Crippen molar-refractivity contribution in [2.75, 3.05) is 0 Å². The molecule has 0 aromatic heterocycles. The Hall–Kier alpha value is -1.61. The van der Waals surface area contributed by atoms with Gasteiger partial charge in [-0.05, 0) is 18.4 Å². The van der Waals surface area contributed by atoms with Gasteiger partial charge in [0, 0.05) is 0 Å². The Morgan fingerprint density at radius 3 is 2.56 bits per heavy atom. The normalized spacial score (nSPS) is 14.1. The number of hydrogen-bond acceptors (Lipinski definition) is 2. The fourth-order valence-corrected chi connectivity index (χ4v) is 1.64.